The Bertz CT molecular complexity index is 534. The molecule has 0 aliphatic heterocycles. The van der Waals surface area contributed by atoms with Crippen LogP contribution in [0.1, 0.15) is 44.1 Å². The highest BCUT2D eigenvalue weighted by molar-refractivity contribution is 5.95. The van der Waals surface area contributed by atoms with E-state index < -0.39 is 0 Å². The highest BCUT2D eigenvalue weighted by Gasteiger charge is 2.54. The Hall–Kier alpha value is -1.42. The van der Waals surface area contributed by atoms with E-state index in [4.69, 9.17) is 0 Å². The molecule has 4 heteroatoms. The Morgan fingerprint density at radius 1 is 1.24 bits per heavy atom. The van der Waals surface area contributed by atoms with Crippen molar-refractivity contribution in [3.63, 3.8) is 0 Å². The summed E-state index contributed by atoms with van der Waals surface area (Å²) in [5, 5.41) is 12.2. The van der Waals surface area contributed by atoms with Crippen molar-refractivity contribution >= 4 is 11.7 Å². The molecule has 0 unspecified atom stereocenters. The number of aromatic nitrogens is 1. The maximum Gasteiger partial charge on any atom is 0.231 e. The van der Waals surface area contributed by atoms with Gasteiger partial charge in [0.2, 0.25) is 5.91 Å². The van der Waals surface area contributed by atoms with Gasteiger partial charge in [-0.3, -0.25) is 4.79 Å². The Balaban J connectivity index is 1.54. The first kappa shape index (κ1) is 13.3. The largest absolute Gasteiger partial charge is 0.392 e. The van der Waals surface area contributed by atoms with Crippen LogP contribution in [0, 0.1) is 23.2 Å². The lowest BCUT2D eigenvalue weighted by molar-refractivity contribution is -0.140. The zero-order valence-electron chi connectivity index (χ0n) is 12.2. The van der Waals surface area contributed by atoms with Gasteiger partial charge >= 0.3 is 0 Å². The molecule has 4 nitrogen and oxygen atoms in total. The van der Waals surface area contributed by atoms with Gasteiger partial charge < -0.3 is 10.4 Å². The van der Waals surface area contributed by atoms with Gasteiger partial charge in [-0.15, -0.1) is 0 Å². The van der Waals surface area contributed by atoms with Gasteiger partial charge in [0.1, 0.15) is 5.82 Å². The van der Waals surface area contributed by atoms with Crippen LogP contribution in [-0.2, 0) is 11.4 Å². The molecule has 4 fully saturated rings. The van der Waals surface area contributed by atoms with Gasteiger partial charge in [-0.2, -0.15) is 0 Å². The molecule has 4 bridgehead atoms. The van der Waals surface area contributed by atoms with Crippen LogP contribution in [0.25, 0.3) is 0 Å². The molecule has 5 rings (SSSR count). The third-order valence-electron chi connectivity index (χ3n) is 5.77. The summed E-state index contributed by atoms with van der Waals surface area (Å²) in [6.07, 6.45) is 8.83. The molecule has 4 saturated carbocycles. The van der Waals surface area contributed by atoms with Crippen molar-refractivity contribution in [2.45, 2.75) is 45.1 Å². The average molecular weight is 286 g/mol. The normalized spacial score (nSPS) is 36.7. The number of nitrogens with one attached hydrogen (secondary N) is 1. The highest BCUT2D eigenvalue weighted by atomic mass is 16.3. The molecule has 1 aromatic heterocycles. The smallest absolute Gasteiger partial charge is 0.231 e. The Morgan fingerprint density at radius 3 is 2.43 bits per heavy atom. The van der Waals surface area contributed by atoms with Crippen molar-refractivity contribution < 1.29 is 9.90 Å². The lowest BCUT2D eigenvalue weighted by Gasteiger charge is -2.55. The number of carbonyl (C=O) groups excluding carboxylic acids is 1. The number of aliphatic hydroxyl groups excluding tert-OH is 1. The van der Waals surface area contributed by atoms with Crippen LogP contribution < -0.4 is 5.32 Å². The summed E-state index contributed by atoms with van der Waals surface area (Å²) in [6.45, 7) is -0.0250. The zero-order chi connectivity index (χ0) is 14.4. The molecule has 4 aliphatic carbocycles. The van der Waals surface area contributed by atoms with Crippen molar-refractivity contribution in [1.29, 1.82) is 0 Å². The molecule has 112 valence electrons. The summed E-state index contributed by atoms with van der Waals surface area (Å²) in [6, 6.07) is 3.53. The van der Waals surface area contributed by atoms with E-state index in [1.807, 2.05) is 0 Å². The van der Waals surface area contributed by atoms with E-state index in [0.29, 0.717) is 5.82 Å². The first-order valence-electron chi connectivity index (χ1n) is 8.04. The number of anilines is 1. The van der Waals surface area contributed by atoms with Gasteiger partial charge in [0.15, 0.2) is 0 Å². The molecule has 4 aliphatic rings. The summed E-state index contributed by atoms with van der Waals surface area (Å²) in [4.78, 5) is 17.1. The standard InChI is InChI=1S/C17H22N2O2/c20-10-11-1-2-18-15(6-11)19-16(21)17-7-12-3-13(8-17)5-14(4-12)9-17/h1-2,6,12-14,20H,3-5,7-10H2,(H,18,19,21). The van der Waals surface area contributed by atoms with Gasteiger partial charge in [-0.1, -0.05) is 0 Å². The number of hydrogen-bond donors (Lipinski definition) is 2. The lowest BCUT2D eigenvalue weighted by Crippen LogP contribution is -2.51. The summed E-state index contributed by atoms with van der Waals surface area (Å²) in [5.41, 5.74) is 0.636. The topological polar surface area (TPSA) is 62.2 Å². The fourth-order valence-electron chi connectivity index (χ4n) is 5.28. The Kier molecular flexibility index (Phi) is 3.03. The second-order valence-corrected chi connectivity index (χ2v) is 7.36. The van der Waals surface area contributed by atoms with E-state index in [0.717, 1.165) is 42.6 Å². The van der Waals surface area contributed by atoms with Gasteiger partial charge in [-0.05, 0) is 74.0 Å². The molecule has 0 aromatic carbocycles. The fraction of sp³-hybridized carbons (Fsp3) is 0.647. The average Bonchev–Trinajstić information content (AvgIpc) is 2.46. The van der Waals surface area contributed by atoms with Crippen LogP contribution >= 0.6 is 0 Å². The molecule has 21 heavy (non-hydrogen) atoms. The van der Waals surface area contributed by atoms with Gasteiger partial charge in [0.05, 0.1) is 12.0 Å². The van der Waals surface area contributed by atoms with E-state index in [2.05, 4.69) is 10.3 Å². The van der Waals surface area contributed by atoms with Crippen LogP contribution in [-0.4, -0.2) is 16.0 Å². The Morgan fingerprint density at radius 2 is 1.86 bits per heavy atom. The molecule has 1 amide bonds. The van der Waals surface area contributed by atoms with E-state index >= 15 is 0 Å². The van der Waals surface area contributed by atoms with E-state index in [9.17, 15) is 9.90 Å². The predicted molar refractivity (Wildman–Crippen MR) is 79.4 cm³/mol. The number of carbonyl (C=O) groups is 1. The third kappa shape index (κ3) is 2.26. The van der Waals surface area contributed by atoms with Crippen LogP contribution in [0.3, 0.4) is 0 Å². The number of nitrogens with zero attached hydrogens (tertiary/aromatic N) is 1. The fourth-order valence-corrected chi connectivity index (χ4v) is 5.28. The maximum absolute atomic E-state index is 12.9. The minimum absolute atomic E-state index is 0.0250. The van der Waals surface area contributed by atoms with E-state index in [1.165, 1.54) is 19.3 Å². The predicted octanol–water partition coefficient (Wildman–Crippen LogP) is 2.73. The Labute approximate surface area is 125 Å². The molecule has 1 heterocycles. The second kappa shape index (κ2) is 4.80. The van der Waals surface area contributed by atoms with Gasteiger partial charge in [0, 0.05) is 6.20 Å². The quantitative estimate of drug-likeness (QED) is 0.898. The van der Waals surface area contributed by atoms with Crippen molar-refractivity contribution in [3.8, 4) is 0 Å². The van der Waals surface area contributed by atoms with Gasteiger partial charge in [-0.25, -0.2) is 4.98 Å². The van der Waals surface area contributed by atoms with Crippen LogP contribution in [0.2, 0.25) is 0 Å². The van der Waals surface area contributed by atoms with Crippen molar-refractivity contribution in [3.05, 3.63) is 23.9 Å². The summed E-state index contributed by atoms with van der Waals surface area (Å²) in [5.74, 6) is 3.02. The SMILES string of the molecule is O=C(Nc1cc(CO)ccn1)C12CC3CC(CC(C3)C1)C2. The number of amides is 1. The number of aliphatic hydroxyl groups is 1. The van der Waals surface area contributed by atoms with Gasteiger partial charge in [0.25, 0.3) is 0 Å². The molecular weight excluding hydrogens is 264 g/mol. The summed E-state index contributed by atoms with van der Waals surface area (Å²) >= 11 is 0. The molecule has 0 saturated heterocycles. The molecule has 1 aromatic rings. The molecular formula is C17H22N2O2. The number of hydrogen-bond acceptors (Lipinski definition) is 3. The molecule has 0 spiro atoms. The number of pyridine rings is 1. The molecule has 0 atom stereocenters. The minimum Gasteiger partial charge on any atom is -0.392 e. The minimum atomic E-state index is -0.147. The van der Waals surface area contributed by atoms with Crippen molar-refractivity contribution in [2.75, 3.05) is 5.32 Å². The molecule has 2 N–H and O–H groups in total. The van der Waals surface area contributed by atoms with Crippen LogP contribution in [0.4, 0.5) is 5.82 Å². The lowest BCUT2D eigenvalue weighted by atomic mass is 9.49. The summed E-state index contributed by atoms with van der Waals surface area (Å²) < 4.78 is 0. The van der Waals surface area contributed by atoms with Crippen molar-refractivity contribution in [1.82, 2.24) is 4.98 Å². The summed E-state index contributed by atoms with van der Waals surface area (Å²) in [7, 11) is 0. The van der Waals surface area contributed by atoms with Crippen LogP contribution in [0.5, 0.6) is 0 Å². The zero-order valence-corrected chi connectivity index (χ0v) is 12.2. The first-order chi connectivity index (χ1) is 10.2. The number of rotatable bonds is 3. The monoisotopic (exact) mass is 286 g/mol. The van der Waals surface area contributed by atoms with Crippen molar-refractivity contribution in [2.24, 2.45) is 23.2 Å². The molecule has 0 radical (unpaired) electrons. The first-order valence-corrected chi connectivity index (χ1v) is 8.04. The second-order valence-electron chi connectivity index (χ2n) is 7.36. The highest BCUT2D eigenvalue weighted by Crippen LogP contribution is 2.60. The maximum atomic E-state index is 12.9. The van der Waals surface area contributed by atoms with E-state index in [1.54, 1.807) is 18.3 Å². The third-order valence-corrected chi connectivity index (χ3v) is 5.77. The van der Waals surface area contributed by atoms with E-state index in [-0.39, 0.29) is 17.9 Å². The van der Waals surface area contributed by atoms with Crippen LogP contribution in [0.15, 0.2) is 18.3 Å².